The maximum absolute atomic E-state index is 12.2. The Morgan fingerprint density at radius 1 is 1.44 bits per heavy atom. The summed E-state index contributed by atoms with van der Waals surface area (Å²) in [7, 11) is 3.06. The summed E-state index contributed by atoms with van der Waals surface area (Å²) >= 11 is 3.16. The number of halogens is 1. The molecular weight excluding hydrogens is 390 g/mol. The highest BCUT2D eigenvalue weighted by atomic mass is 79.9. The van der Waals surface area contributed by atoms with Gasteiger partial charge in [-0.2, -0.15) is 0 Å². The van der Waals surface area contributed by atoms with Crippen LogP contribution in [0, 0.1) is 0 Å². The number of carbonyl (C=O) groups excluding carboxylic acids is 1. The molecular formula is C17H22BrN3O4. The number of ether oxygens (including phenoxy) is 3. The van der Waals surface area contributed by atoms with Crippen molar-refractivity contribution in [1.29, 1.82) is 0 Å². The molecule has 3 rings (SSSR count). The second kappa shape index (κ2) is 7.11. The van der Waals surface area contributed by atoms with Gasteiger partial charge >= 0.3 is 6.09 Å². The molecule has 8 heteroatoms. The molecule has 1 heterocycles. The molecule has 1 amide bonds. The lowest BCUT2D eigenvalue weighted by Crippen LogP contribution is -2.38. The van der Waals surface area contributed by atoms with Crippen LogP contribution in [0.1, 0.15) is 24.5 Å². The van der Waals surface area contributed by atoms with E-state index < -0.39 is 0 Å². The second-order valence-corrected chi connectivity index (χ2v) is 6.56. The number of amidine groups is 1. The summed E-state index contributed by atoms with van der Waals surface area (Å²) in [6, 6.07) is 4.32. The van der Waals surface area contributed by atoms with E-state index in [2.05, 4.69) is 20.5 Å². The first-order valence-corrected chi connectivity index (χ1v) is 9.00. The minimum absolute atomic E-state index is 0.320. The van der Waals surface area contributed by atoms with Gasteiger partial charge in [-0.05, 0) is 43.0 Å². The standard InChI is InChI=1S/C17H22BrN3O4/c1-4-21(16(22)24-3)13-5-6-14(23-2)11-7-8-17(9-12(11)13)10-25-15(19-17)20-18/h5-6H,4,7-10H2,1-3H3,(H,19,20). The highest BCUT2D eigenvalue weighted by molar-refractivity contribution is 9.08. The fourth-order valence-electron chi connectivity index (χ4n) is 3.61. The van der Waals surface area contributed by atoms with Crippen LogP contribution in [-0.4, -0.2) is 45.0 Å². The quantitative estimate of drug-likeness (QED) is 0.774. The van der Waals surface area contributed by atoms with E-state index in [1.807, 2.05) is 19.1 Å². The molecule has 0 bridgehead atoms. The minimum Gasteiger partial charge on any atom is -0.496 e. The SMILES string of the molecule is CCN(C(=O)OC)c1ccc(OC)c2c1CC1(CC2)COC(NBr)=N1. The average Bonchev–Trinajstić information content (AvgIpc) is 3.04. The molecule has 0 fully saturated rings. The number of benzene rings is 1. The number of amides is 1. The Morgan fingerprint density at radius 3 is 2.84 bits per heavy atom. The number of carbonyl (C=O) groups is 1. The van der Waals surface area contributed by atoms with Crippen molar-refractivity contribution in [3.05, 3.63) is 23.3 Å². The van der Waals surface area contributed by atoms with Gasteiger partial charge < -0.3 is 14.2 Å². The van der Waals surface area contributed by atoms with Crippen LogP contribution in [0.15, 0.2) is 17.1 Å². The van der Waals surface area contributed by atoms with Crippen LogP contribution >= 0.6 is 16.1 Å². The van der Waals surface area contributed by atoms with Crippen molar-refractivity contribution in [1.82, 2.24) is 4.34 Å². The zero-order valence-electron chi connectivity index (χ0n) is 14.6. The molecule has 1 aromatic carbocycles. The molecule has 0 saturated heterocycles. The van der Waals surface area contributed by atoms with Gasteiger partial charge in [0.15, 0.2) is 0 Å². The van der Waals surface area contributed by atoms with E-state index in [1.165, 1.54) is 7.11 Å². The van der Waals surface area contributed by atoms with Crippen molar-refractivity contribution in [2.24, 2.45) is 4.99 Å². The number of nitrogens with one attached hydrogen (secondary N) is 1. The summed E-state index contributed by atoms with van der Waals surface area (Å²) in [6.45, 7) is 2.96. The number of hydrogen-bond acceptors (Lipinski definition) is 6. The molecule has 1 aromatic rings. The molecule has 2 aliphatic rings. The Balaban J connectivity index is 2.06. The zero-order valence-corrected chi connectivity index (χ0v) is 16.2. The fraction of sp³-hybridized carbons (Fsp3) is 0.529. The van der Waals surface area contributed by atoms with E-state index in [4.69, 9.17) is 19.2 Å². The van der Waals surface area contributed by atoms with E-state index in [1.54, 1.807) is 12.0 Å². The Kier molecular flexibility index (Phi) is 5.08. The van der Waals surface area contributed by atoms with Crippen LogP contribution < -0.4 is 14.0 Å². The minimum atomic E-state index is -0.372. The zero-order chi connectivity index (χ0) is 18.0. The maximum Gasteiger partial charge on any atom is 0.413 e. The molecule has 1 aliphatic carbocycles. The van der Waals surface area contributed by atoms with Gasteiger partial charge in [0, 0.05) is 13.0 Å². The average molecular weight is 412 g/mol. The molecule has 0 saturated carbocycles. The number of hydrogen-bond donors (Lipinski definition) is 1. The molecule has 0 aromatic heterocycles. The van der Waals surface area contributed by atoms with Gasteiger partial charge in [0.05, 0.1) is 36.1 Å². The van der Waals surface area contributed by atoms with Gasteiger partial charge in [-0.15, -0.1) is 0 Å². The van der Waals surface area contributed by atoms with Crippen molar-refractivity contribution < 1.29 is 19.0 Å². The van der Waals surface area contributed by atoms with E-state index in [-0.39, 0.29) is 11.6 Å². The number of fused-ring (bicyclic) bond motifs is 1. The Bertz CT molecular complexity index is 709. The highest BCUT2D eigenvalue weighted by Crippen LogP contribution is 2.42. The number of rotatable bonds is 3. The molecule has 1 aliphatic heterocycles. The van der Waals surface area contributed by atoms with Gasteiger partial charge in [-0.3, -0.25) is 9.24 Å². The summed E-state index contributed by atoms with van der Waals surface area (Å²) < 4.78 is 18.9. The van der Waals surface area contributed by atoms with Crippen molar-refractivity contribution in [2.45, 2.75) is 31.7 Å². The molecule has 7 nitrogen and oxygen atoms in total. The summed E-state index contributed by atoms with van der Waals surface area (Å²) in [5.41, 5.74) is 2.73. The topological polar surface area (TPSA) is 72.4 Å². The third-order valence-electron chi connectivity index (χ3n) is 4.83. The van der Waals surface area contributed by atoms with Gasteiger partial charge in [-0.1, -0.05) is 0 Å². The maximum atomic E-state index is 12.2. The summed E-state index contributed by atoms with van der Waals surface area (Å²) in [4.78, 5) is 18.5. The Hall–Kier alpha value is -1.96. The summed E-state index contributed by atoms with van der Waals surface area (Å²) in [6.07, 6.45) is 1.99. The van der Waals surface area contributed by atoms with Crippen LogP contribution in [0.25, 0.3) is 0 Å². The molecule has 1 atom stereocenters. The molecule has 25 heavy (non-hydrogen) atoms. The lowest BCUT2D eigenvalue weighted by atomic mass is 9.77. The second-order valence-electron chi connectivity index (χ2n) is 6.16. The van der Waals surface area contributed by atoms with Crippen LogP contribution in [0.3, 0.4) is 0 Å². The van der Waals surface area contributed by atoms with Crippen LogP contribution in [0.4, 0.5) is 10.5 Å². The van der Waals surface area contributed by atoms with Crippen molar-refractivity contribution in [3.8, 4) is 5.75 Å². The van der Waals surface area contributed by atoms with E-state index in [9.17, 15) is 4.79 Å². The summed E-state index contributed by atoms with van der Waals surface area (Å²) in [5, 5.41) is 0. The lowest BCUT2D eigenvalue weighted by molar-refractivity contribution is 0.179. The van der Waals surface area contributed by atoms with E-state index in [0.29, 0.717) is 25.6 Å². The van der Waals surface area contributed by atoms with Gasteiger partial charge in [0.1, 0.15) is 17.9 Å². The Morgan fingerprint density at radius 2 is 2.24 bits per heavy atom. The normalized spacial score (nSPS) is 21.2. The molecule has 1 unspecified atom stereocenters. The van der Waals surface area contributed by atoms with E-state index in [0.717, 1.165) is 35.4 Å². The van der Waals surface area contributed by atoms with Crippen LogP contribution in [0.2, 0.25) is 0 Å². The number of anilines is 1. The van der Waals surface area contributed by atoms with Gasteiger partial charge in [0.2, 0.25) is 0 Å². The molecule has 1 N–H and O–H groups in total. The number of aliphatic imine (C=N–C) groups is 1. The smallest absolute Gasteiger partial charge is 0.413 e. The predicted octanol–water partition coefficient (Wildman–Crippen LogP) is 2.80. The summed E-state index contributed by atoms with van der Waals surface area (Å²) in [5.74, 6) is 0.844. The third-order valence-corrected chi connectivity index (χ3v) is 5.17. The van der Waals surface area contributed by atoms with E-state index >= 15 is 0 Å². The largest absolute Gasteiger partial charge is 0.496 e. The predicted molar refractivity (Wildman–Crippen MR) is 98.6 cm³/mol. The highest BCUT2D eigenvalue weighted by Gasteiger charge is 2.42. The first kappa shape index (κ1) is 17.8. The van der Waals surface area contributed by atoms with Gasteiger partial charge in [-0.25, -0.2) is 9.79 Å². The Labute approximate surface area is 155 Å². The van der Waals surface area contributed by atoms with Crippen molar-refractivity contribution >= 4 is 33.9 Å². The number of methoxy groups -OCH3 is 2. The van der Waals surface area contributed by atoms with Crippen molar-refractivity contribution in [3.63, 3.8) is 0 Å². The van der Waals surface area contributed by atoms with Crippen LogP contribution in [-0.2, 0) is 22.3 Å². The third kappa shape index (κ3) is 3.15. The van der Waals surface area contributed by atoms with Gasteiger partial charge in [0.25, 0.3) is 6.02 Å². The molecule has 136 valence electrons. The lowest BCUT2D eigenvalue weighted by Gasteiger charge is -2.34. The monoisotopic (exact) mass is 411 g/mol. The molecule has 0 radical (unpaired) electrons. The molecule has 1 spiro atoms. The first-order valence-electron chi connectivity index (χ1n) is 8.21. The fourth-order valence-corrected chi connectivity index (χ4v) is 3.81. The first-order chi connectivity index (χ1) is 12.1. The number of nitrogens with zero attached hydrogens (tertiary/aromatic N) is 2. The van der Waals surface area contributed by atoms with Crippen LogP contribution in [0.5, 0.6) is 5.75 Å². The van der Waals surface area contributed by atoms with Crippen molar-refractivity contribution in [2.75, 3.05) is 32.3 Å².